The molecule has 3 nitrogen and oxygen atoms in total. The third kappa shape index (κ3) is 3.16. The second-order valence-corrected chi connectivity index (χ2v) is 7.03. The van der Waals surface area contributed by atoms with Crippen molar-refractivity contribution < 1.29 is 9.53 Å². The number of amides is 1. The Balaban J connectivity index is 1.44. The zero-order chi connectivity index (χ0) is 16.4. The highest BCUT2D eigenvalue weighted by atomic mass is 16.5. The van der Waals surface area contributed by atoms with Gasteiger partial charge in [0, 0.05) is 6.04 Å². The van der Waals surface area contributed by atoms with Crippen LogP contribution in [0.25, 0.3) is 0 Å². The zero-order valence-corrected chi connectivity index (χ0v) is 13.8. The van der Waals surface area contributed by atoms with Crippen molar-refractivity contribution >= 4 is 5.91 Å². The van der Waals surface area contributed by atoms with Crippen LogP contribution in [0.15, 0.2) is 54.6 Å². The molecule has 2 aliphatic carbocycles. The predicted molar refractivity (Wildman–Crippen MR) is 93.9 cm³/mol. The number of benzene rings is 2. The van der Waals surface area contributed by atoms with Gasteiger partial charge in [0.05, 0.1) is 5.56 Å². The maximum absolute atomic E-state index is 12.7. The van der Waals surface area contributed by atoms with Crippen molar-refractivity contribution in [2.24, 2.45) is 11.8 Å². The van der Waals surface area contributed by atoms with Crippen molar-refractivity contribution in [3.05, 3.63) is 65.7 Å². The summed E-state index contributed by atoms with van der Waals surface area (Å²) in [7, 11) is 0. The lowest BCUT2D eigenvalue weighted by atomic mass is 9.95. The Morgan fingerprint density at radius 2 is 1.79 bits per heavy atom. The fraction of sp³-hybridized carbons (Fsp3) is 0.381. The van der Waals surface area contributed by atoms with Gasteiger partial charge in [0.2, 0.25) is 0 Å². The van der Waals surface area contributed by atoms with E-state index in [1.165, 1.54) is 19.3 Å². The van der Waals surface area contributed by atoms with Gasteiger partial charge >= 0.3 is 0 Å². The summed E-state index contributed by atoms with van der Waals surface area (Å²) in [4.78, 5) is 12.7. The number of fused-ring (bicyclic) bond motifs is 2. The molecule has 124 valence electrons. The summed E-state index contributed by atoms with van der Waals surface area (Å²) in [6, 6.07) is 17.9. The van der Waals surface area contributed by atoms with Crippen LogP contribution in [0, 0.1) is 11.8 Å². The van der Waals surface area contributed by atoms with E-state index in [4.69, 9.17) is 4.74 Å². The number of para-hydroxylation sites is 1. The summed E-state index contributed by atoms with van der Waals surface area (Å²) in [5, 5.41) is 3.25. The van der Waals surface area contributed by atoms with E-state index in [1.807, 2.05) is 54.6 Å². The molecule has 1 amide bonds. The van der Waals surface area contributed by atoms with Crippen molar-refractivity contribution in [3.63, 3.8) is 0 Å². The summed E-state index contributed by atoms with van der Waals surface area (Å²) < 4.78 is 5.91. The van der Waals surface area contributed by atoms with Gasteiger partial charge in [-0.3, -0.25) is 4.79 Å². The Morgan fingerprint density at radius 3 is 2.54 bits per heavy atom. The maximum atomic E-state index is 12.7. The number of hydrogen-bond acceptors (Lipinski definition) is 2. The number of carbonyl (C=O) groups excluding carboxylic acids is 1. The molecule has 0 aromatic heterocycles. The van der Waals surface area contributed by atoms with Gasteiger partial charge < -0.3 is 10.1 Å². The van der Waals surface area contributed by atoms with Crippen LogP contribution < -0.4 is 10.1 Å². The Kier molecular flexibility index (Phi) is 4.24. The molecule has 4 rings (SSSR count). The summed E-state index contributed by atoms with van der Waals surface area (Å²) >= 11 is 0. The normalized spacial score (nSPS) is 24.8. The third-order valence-corrected chi connectivity index (χ3v) is 5.42. The number of ether oxygens (including phenoxy) is 1. The van der Waals surface area contributed by atoms with Gasteiger partial charge in [-0.1, -0.05) is 48.9 Å². The van der Waals surface area contributed by atoms with Gasteiger partial charge in [-0.2, -0.15) is 0 Å². The third-order valence-electron chi connectivity index (χ3n) is 5.42. The molecule has 0 saturated heterocycles. The minimum Gasteiger partial charge on any atom is -0.488 e. The SMILES string of the molecule is O=C(N[C@H]1C[C@@H]2CC[C@@H]1C2)c1ccccc1OCc1ccccc1. The fourth-order valence-electron chi connectivity index (χ4n) is 4.18. The molecule has 2 aromatic rings. The van der Waals surface area contributed by atoms with Gasteiger partial charge in [-0.05, 0) is 48.8 Å². The Labute approximate surface area is 143 Å². The molecule has 0 unspecified atom stereocenters. The van der Waals surface area contributed by atoms with Crippen LogP contribution in [0.5, 0.6) is 5.75 Å². The van der Waals surface area contributed by atoms with Crippen LogP contribution in [0.1, 0.15) is 41.6 Å². The molecule has 2 fully saturated rings. The van der Waals surface area contributed by atoms with Gasteiger partial charge in [0.1, 0.15) is 12.4 Å². The molecule has 0 aliphatic heterocycles. The molecule has 3 heteroatoms. The molecular formula is C21H23NO2. The second kappa shape index (κ2) is 6.68. The number of rotatable bonds is 5. The van der Waals surface area contributed by atoms with E-state index < -0.39 is 0 Å². The second-order valence-electron chi connectivity index (χ2n) is 7.03. The lowest BCUT2D eigenvalue weighted by Crippen LogP contribution is -2.38. The smallest absolute Gasteiger partial charge is 0.255 e. The Morgan fingerprint density at radius 1 is 1.00 bits per heavy atom. The Bertz CT molecular complexity index is 713. The first-order chi connectivity index (χ1) is 11.8. The summed E-state index contributed by atoms with van der Waals surface area (Å²) in [6.07, 6.45) is 5.04. The van der Waals surface area contributed by atoms with Gasteiger partial charge in [-0.15, -0.1) is 0 Å². The molecule has 3 atom stereocenters. The molecule has 2 bridgehead atoms. The van der Waals surface area contributed by atoms with E-state index in [2.05, 4.69) is 5.32 Å². The van der Waals surface area contributed by atoms with Crippen LogP contribution in [0.2, 0.25) is 0 Å². The highest BCUT2D eigenvalue weighted by Crippen LogP contribution is 2.44. The van der Waals surface area contributed by atoms with Crippen LogP contribution in [-0.4, -0.2) is 11.9 Å². The van der Waals surface area contributed by atoms with Crippen molar-refractivity contribution in [2.45, 2.75) is 38.3 Å². The number of nitrogens with one attached hydrogen (secondary N) is 1. The predicted octanol–water partition coefficient (Wildman–Crippen LogP) is 4.18. The lowest BCUT2D eigenvalue weighted by Gasteiger charge is -2.23. The summed E-state index contributed by atoms with van der Waals surface area (Å²) in [5.74, 6) is 2.15. The highest BCUT2D eigenvalue weighted by Gasteiger charge is 2.40. The zero-order valence-electron chi connectivity index (χ0n) is 13.8. The average Bonchev–Trinajstić information content (AvgIpc) is 3.24. The molecule has 0 heterocycles. The van der Waals surface area contributed by atoms with Crippen LogP contribution in [-0.2, 0) is 6.61 Å². The van der Waals surface area contributed by atoms with Crippen LogP contribution in [0.4, 0.5) is 0 Å². The average molecular weight is 321 g/mol. The summed E-state index contributed by atoms with van der Waals surface area (Å²) in [5.41, 5.74) is 1.73. The first-order valence-corrected chi connectivity index (χ1v) is 8.86. The quantitative estimate of drug-likeness (QED) is 0.897. The van der Waals surface area contributed by atoms with E-state index in [-0.39, 0.29) is 5.91 Å². The highest BCUT2D eigenvalue weighted by molar-refractivity contribution is 5.97. The van der Waals surface area contributed by atoms with E-state index >= 15 is 0 Å². The Hall–Kier alpha value is -2.29. The van der Waals surface area contributed by atoms with Crippen LogP contribution >= 0.6 is 0 Å². The first kappa shape index (κ1) is 15.3. The minimum atomic E-state index is -0.00351. The first-order valence-electron chi connectivity index (χ1n) is 8.86. The van der Waals surface area contributed by atoms with E-state index in [9.17, 15) is 4.79 Å². The number of hydrogen-bond donors (Lipinski definition) is 1. The van der Waals surface area contributed by atoms with Gasteiger partial charge in [0.15, 0.2) is 0 Å². The monoisotopic (exact) mass is 321 g/mol. The van der Waals surface area contributed by atoms with Crippen molar-refractivity contribution in [1.82, 2.24) is 5.32 Å². The maximum Gasteiger partial charge on any atom is 0.255 e. The van der Waals surface area contributed by atoms with Gasteiger partial charge in [0.25, 0.3) is 5.91 Å². The molecule has 24 heavy (non-hydrogen) atoms. The molecule has 1 N–H and O–H groups in total. The molecule has 2 aliphatic rings. The van der Waals surface area contributed by atoms with E-state index in [1.54, 1.807) is 0 Å². The van der Waals surface area contributed by atoms with Gasteiger partial charge in [-0.25, -0.2) is 0 Å². The fourth-order valence-corrected chi connectivity index (χ4v) is 4.18. The topological polar surface area (TPSA) is 38.3 Å². The molecule has 0 spiro atoms. The molecular weight excluding hydrogens is 298 g/mol. The largest absolute Gasteiger partial charge is 0.488 e. The van der Waals surface area contributed by atoms with Crippen molar-refractivity contribution in [3.8, 4) is 5.75 Å². The molecule has 0 radical (unpaired) electrons. The lowest BCUT2D eigenvalue weighted by molar-refractivity contribution is 0.0918. The van der Waals surface area contributed by atoms with E-state index in [0.29, 0.717) is 29.9 Å². The molecule has 2 aromatic carbocycles. The summed E-state index contributed by atoms with van der Waals surface area (Å²) in [6.45, 7) is 0.471. The standard InChI is InChI=1S/C21H23NO2/c23-21(22-19-13-16-10-11-17(19)12-16)18-8-4-5-9-20(18)24-14-15-6-2-1-3-7-15/h1-9,16-17,19H,10-14H2,(H,22,23)/t16-,17-,19+/m1/s1. The van der Waals surface area contributed by atoms with Crippen molar-refractivity contribution in [2.75, 3.05) is 0 Å². The van der Waals surface area contributed by atoms with Crippen molar-refractivity contribution in [1.29, 1.82) is 0 Å². The minimum absolute atomic E-state index is 0.00351. The molecule has 2 saturated carbocycles. The van der Waals surface area contributed by atoms with Crippen LogP contribution in [0.3, 0.4) is 0 Å². The van der Waals surface area contributed by atoms with E-state index in [0.717, 1.165) is 17.9 Å². The number of carbonyl (C=O) groups is 1.